The maximum atomic E-state index is 12.5. The Bertz CT molecular complexity index is 692. The fourth-order valence-corrected chi connectivity index (χ4v) is 3.52. The summed E-state index contributed by atoms with van der Waals surface area (Å²) in [4.78, 5) is 28.1. The Balaban J connectivity index is 1.94. The lowest BCUT2D eigenvalue weighted by atomic mass is 9.95. The van der Waals surface area contributed by atoms with Gasteiger partial charge in [0.2, 0.25) is 0 Å². The number of hydrogen-bond donors (Lipinski definition) is 0. The summed E-state index contributed by atoms with van der Waals surface area (Å²) < 4.78 is 11.0. The molecule has 0 heterocycles. The molecular formula is C23H36N2O4. The van der Waals surface area contributed by atoms with Crippen molar-refractivity contribution >= 4 is 12.2 Å². The van der Waals surface area contributed by atoms with E-state index >= 15 is 0 Å². The van der Waals surface area contributed by atoms with Gasteiger partial charge in [-0.25, -0.2) is 9.59 Å². The topological polar surface area (TPSA) is 59.1 Å². The van der Waals surface area contributed by atoms with Crippen LogP contribution in [0.15, 0.2) is 24.3 Å². The minimum absolute atomic E-state index is 0.0549. The van der Waals surface area contributed by atoms with Gasteiger partial charge in [-0.1, -0.05) is 31.4 Å². The molecule has 0 radical (unpaired) electrons. The minimum atomic E-state index is -0.524. The van der Waals surface area contributed by atoms with Gasteiger partial charge in [-0.2, -0.15) is 0 Å². The molecule has 0 unspecified atom stereocenters. The SMILES string of the molecule is C[C@@H](Cc1cccc(OC(=O)N(C)C2CCCCC2)c1)N(C)C(=O)OC(C)(C)C. The van der Waals surface area contributed by atoms with Crippen LogP contribution in [0.1, 0.15) is 65.4 Å². The lowest BCUT2D eigenvalue weighted by Crippen LogP contribution is -2.40. The number of ether oxygens (including phenoxy) is 2. The number of rotatable bonds is 5. The van der Waals surface area contributed by atoms with E-state index in [2.05, 4.69) is 0 Å². The maximum Gasteiger partial charge on any atom is 0.415 e. The fourth-order valence-electron chi connectivity index (χ4n) is 3.52. The third-order valence-corrected chi connectivity index (χ3v) is 5.39. The molecule has 6 nitrogen and oxygen atoms in total. The van der Waals surface area contributed by atoms with Crippen molar-refractivity contribution in [3.05, 3.63) is 29.8 Å². The molecule has 162 valence electrons. The average molecular weight is 405 g/mol. The second-order valence-electron chi connectivity index (χ2n) is 9.06. The highest BCUT2D eigenvalue weighted by molar-refractivity contribution is 5.71. The van der Waals surface area contributed by atoms with Gasteiger partial charge in [-0.15, -0.1) is 0 Å². The van der Waals surface area contributed by atoms with Crippen LogP contribution in [0.4, 0.5) is 9.59 Å². The summed E-state index contributed by atoms with van der Waals surface area (Å²) >= 11 is 0. The van der Waals surface area contributed by atoms with Crippen molar-refractivity contribution in [3.8, 4) is 5.75 Å². The van der Waals surface area contributed by atoms with Crippen LogP contribution in [0.25, 0.3) is 0 Å². The Hall–Kier alpha value is -2.24. The zero-order valence-corrected chi connectivity index (χ0v) is 18.7. The van der Waals surface area contributed by atoms with Crippen LogP contribution in [0, 0.1) is 0 Å². The lowest BCUT2D eigenvalue weighted by Gasteiger charge is -2.30. The van der Waals surface area contributed by atoms with E-state index in [1.165, 1.54) is 19.3 Å². The highest BCUT2D eigenvalue weighted by Gasteiger charge is 2.25. The number of benzene rings is 1. The van der Waals surface area contributed by atoms with E-state index < -0.39 is 5.60 Å². The average Bonchev–Trinajstić information content (AvgIpc) is 2.66. The van der Waals surface area contributed by atoms with Gasteiger partial charge in [0.25, 0.3) is 0 Å². The van der Waals surface area contributed by atoms with Gasteiger partial charge >= 0.3 is 12.2 Å². The number of amides is 2. The van der Waals surface area contributed by atoms with Gasteiger partial charge in [0.05, 0.1) is 0 Å². The van der Waals surface area contributed by atoms with Crippen molar-refractivity contribution in [1.82, 2.24) is 9.80 Å². The molecule has 0 N–H and O–H groups in total. The van der Waals surface area contributed by atoms with E-state index in [1.54, 1.807) is 22.9 Å². The highest BCUT2D eigenvalue weighted by Crippen LogP contribution is 2.23. The quantitative estimate of drug-likeness (QED) is 0.673. The van der Waals surface area contributed by atoms with E-state index in [-0.39, 0.29) is 24.3 Å². The first-order valence-electron chi connectivity index (χ1n) is 10.6. The Morgan fingerprint density at radius 2 is 1.76 bits per heavy atom. The highest BCUT2D eigenvalue weighted by atomic mass is 16.6. The fraction of sp³-hybridized carbons (Fsp3) is 0.652. The molecule has 0 spiro atoms. The minimum Gasteiger partial charge on any atom is -0.444 e. The van der Waals surface area contributed by atoms with Gasteiger partial charge in [0.1, 0.15) is 11.4 Å². The van der Waals surface area contributed by atoms with E-state index in [9.17, 15) is 9.59 Å². The largest absolute Gasteiger partial charge is 0.444 e. The summed E-state index contributed by atoms with van der Waals surface area (Å²) in [5.41, 5.74) is 0.474. The molecule has 0 bridgehead atoms. The van der Waals surface area contributed by atoms with E-state index in [0.29, 0.717) is 12.2 Å². The third kappa shape index (κ3) is 7.26. The molecule has 2 rings (SSSR count). The number of carbonyl (C=O) groups is 2. The van der Waals surface area contributed by atoms with Gasteiger partial charge in [-0.05, 0) is 64.7 Å². The maximum absolute atomic E-state index is 12.5. The van der Waals surface area contributed by atoms with Crippen molar-refractivity contribution < 1.29 is 19.1 Å². The van der Waals surface area contributed by atoms with Gasteiger partial charge in [0.15, 0.2) is 0 Å². The number of likely N-dealkylation sites (N-methyl/N-ethyl adjacent to an activating group) is 1. The third-order valence-electron chi connectivity index (χ3n) is 5.39. The standard InChI is InChI=1S/C23H36N2O4/c1-17(24(5)22(27)29-23(2,3)4)15-18-11-10-14-20(16-18)28-21(26)25(6)19-12-8-7-9-13-19/h10-11,14,16-17,19H,7-9,12-13,15H2,1-6H3/t17-/m0/s1. The monoisotopic (exact) mass is 404 g/mol. The Kier molecular flexibility index (Phi) is 7.94. The summed E-state index contributed by atoms with van der Waals surface area (Å²) in [6.07, 6.45) is 5.65. The summed E-state index contributed by atoms with van der Waals surface area (Å²) in [6.45, 7) is 7.53. The van der Waals surface area contributed by atoms with Crippen LogP contribution in [0.3, 0.4) is 0 Å². The molecular weight excluding hydrogens is 368 g/mol. The molecule has 0 saturated heterocycles. The molecule has 0 aromatic heterocycles. The normalized spacial score (nSPS) is 16.1. The molecule has 1 aromatic rings. The van der Waals surface area contributed by atoms with Crippen LogP contribution >= 0.6 is 0 Å². The molecule has 0 aliphatic heterocycles. The van der Waals surface area contributed by atoms with Crippen LogP contribution < -0.4 is 4.74 Å². The second kappa shape index (κ2) is 9.99. The van der Waals surface area contributed by atoms with E-state index in [0.717, 1.165) is 18.4 Å². The van der Waals surface area contributed by atoms with Gasteiger partial charge in [-0.3, -0.25) is 0 Å². The first kappa shape index (κ1) is 23.0. The van der Waals surface area contributed by atoms with Crippen LogP contribution in [0.5, 0.6) is 5.75 Å². The van der Waals surface area contributed by atoms with E-state index in [4.69, 9.17) is 9.47 Å². The summed E-state index contributed by atoms with van der Waals surface area (Å²) in [7, 11) is 3.56. The molecule has 1 saturated carbocycles. The molecule has 1 aromatic carbocycles. The second-order valence-corrected chi connectivity index (χ2v) is 9.06. The Labute approximate surface area is 175 Å². The Morgan fingerprint density at radius 1 is 1.10 bits per heavy atom. The van der Waals surface area contributed by atoms with Crippen molar-refractivity contribution in [2.24, 2.45) is 0 Å². The predicted molar refractivity (Wildman–Crippen MR) is 114 cm³/mol. The Morgan fingerprint density at radius 3 is 2.38 bits per heavy atom. The van der Waals surface area contributed by atoms with Crippen molar-refractivity contribution in [3.63, 3.8) is 0 Å². The number of hydrogen-bond acceptors (Lipinski definition) is 4. The number of nitrogens with zero attached hydrogens (tertiary/aromatic N) is 2. The van der Waals surface area contributed by atoms with E-state index in [1.807, 2.05) is 52.9 Å². The van der Waals surface area contributed by atoms with Gasteiger partial charge in [0, 0.05) is 26.2 Å². The lowest BCUT2D eigenvalue weighted by molar-refractivity contribution is 0.0236. The smallest absolute Gasteiger partial charge is 0.415 e. The molecule has 29 heavy (non-hydrogen) atoms. The summed E-state index contributed by atoms with van der Waals surface area (Å²) in [5, 5.41) is 0. The molecule has 6 heteroatoms. The molecule has 1 atom stereocenters. The zero-order valence-electron chi connectivity index (χ0n) is 18.7. The van der Waals surface area contributed by atoms with Crippen molar-refractivity contribution in [2.45, 2.75) is 83.9 Å². The molecule has 2 amide bonds. The molecule has 1 aliphatic carbocycles. The van der Waals surface area contributed by atoms with Crippen LogP contribution in [-0.4, -0.2) is 53.8 Å². The van der Waals surface area contributed by atoms with Crippen molar-refractivity contribution in [1.29, 1.82) is 0 Å². The van der Waals surface area contributed by atoms with Crippen LogP contribution in [0.2, 0.25) is 0 Å². The predicted octanol–water partition coefficient (Wildman–Crippen LogP) is 5.25. The van der Waals surface area contributed by atoms with Crippen LogP contribution in [-0.2, 0) is 11.2 Å². The molecule has 1 aliphatic rings. The zero-order chi connectivity index (χ0) is 21.6. The first-order chi connectivity index (χ1) is 13.6. The van der Waals surface area contributed by atoms with Gasteiger partial charge < -0.3 is 19.3 Å². The first-order valence-corrected chi connectivity index (χ1v) is 10.6. The van der Waals surface area contributed by atoms with Crippen molar-refractivity contribution in [2.75, 3.05) is 14.1 Å². The summed E-state index contributed by atoms with van der Waals surface area (Å²) in [6, 6.07) is 7.72. The number of carbonyl (C=O) groups excluding carboxylic acids is 2. The molecule has 1 fully saturated rings. The summed E-state index contributed by atoms with van der Waals surface area (Å²) in [5.74, 6) is 0.530.